The van der Waals surface area contributed by atoms with E-state index in [1.54, 1.807) is 18.2 Å². The number of nitrogens with zero attached hydrogens (tertiary/aromatic N) is 1. The van der Waals surface area contributed by atoms with E-state index in [0.717, 1.165) is 22.0 Å². The first-order valence-electron chi connectivity index (χ1n) is 11.8. The molecule has 5 nitrogen and oxygen atoms in total. The van der Waals surface area contributed by atoms with Crippen molar-refractivity contribution in [3.05, 3.63) is 97.8 Å². The van der Waals surface area contributed by atoms with Crippen LogP contribution in [-0.4, -0.2) is 29.3 Å². The summed E-state index contributed by atoms with van der Waals surface area (Å²) in [5.41, 5.74) is 2.74. The molecule has 0 radical (unpaired) electrons. The summed E-state index contributed by atoms with van der Waals surface area (Å²) < 4.78 is 12.7. The van der Waals surface area contributed by atoms with Crippen LogP contribution in [-0.2, 0) is 16.8 Å². The van der Waals surface area contributed by atoms with Gasteiger partial charge in [0.25, 0.3) is 11.1 Å². The quantitative estimate of drug-likeness (QED) is 0.193. The summed E-state index contributed by atoms with van der Waals surface area (Å²) in [5.74, 6) is 1.00. The fourth-order valence-corrected chi connectivity index (χ4v) is 5.05. The summed E-state index contributed by atoms with van der Waals surface area (Å²) in [5, 5.41) is 0.183. The van der Waals surface area contributed by atoms with E-state index in [0.29, 0.717) is 40.0 Å². The van der Waals surface area contributed by atoms with Crippen molar-refractivity contribution in [3.8, 4) is 11.5 Å². The molecule has 2 amide bonds. The number of carbonyl (C=O) groups excluding carboxylic acids is 2. The molecule has 1 saturated heterocycles. The molecule has 0 unspecified atom stereocenters. The average Bonchev–Trinajstić information content (AvgIpc) is 3.11. The molecule has 192 valence electrons. The topological polar surface area (TPSA) is 55.8 Å². The van der Waals surface area contributed by atoms with Crippen molar-refractivity contribution in [1.29, 1.82) is 0 Å². The number of imide groups is 1. The Morgan fingerprint density at radius 2 is 1.68 bits per heavy atom. The lowest BCUT2D eigenvalue weighted by Gasteiger charge is -2.19. The lowest BCUT2D eigenvalue weighted by molar-refractivity contribution is -0.123. The van der Waals surface area contributed by atoms with Crippen molar-refractivity contribution >= 4 is 56.5 Å². The molecular weight excluding hydrogens is 574 g/mol. The van der Waals surface area contributed by atoms with Crippen LogP contribution in [0.1, 0.15) is 37.5 Å². The van der Waals surface area contributed by atoms with Crippen molar-refractivity contribution in [2.24, 2.45) is 0 Å². The third-order valence-corrected chi connectivity index (χ3v) is 7.52. The minimum absolute atomic E-state index is 0.0858. The van der Waals surface area contributed by atoms with Gasteiger partial charge in [0.2, 0.25) is 0 Å². The van der Waals surface area contributed by atoms with E-state index in [1.165, 1.54) is 10.5 Å². The van der Waals surface area contributed by atoms with Crippen LogP contribution in [0.3, 0.4) is 0 Å². The molecule has 0 aliphatic carbocycles. The predicted molar refractivity (Wildman–Crippen MR) is 153 cm³/mol. The summed E-state index contributed by atoms with van der Waals surface area (Å²) in [6, 6.07) is 20.8. The number of carbonyl (C=O) groups is 2. The molecule has 1 aliphatic rings. The molecule has 0 aromatic heterocycles. The maximum atomic E-state index is 13.0. The maximum absolute atomic E-state index is 13.0. The van der Waals surface area contributed by atoms with Crippen LogP contribution < -0.4 is 9.47 Å². The van der Waals surface area contributed by atoms with E-state index >= 15 is 0 Å². The minimum Gasteiger partial charge on any atom is -0.490 e. The molecule has 0 N–H and O–H groups in total. The molecule has 0 saturated carbocycles. The van der Waals surface area contributed by atoms with Crippen molar-refractivity contribution in [2.45, 2.75) is 32.7 Å². The van der Waals surface area contributed by atoms with E-state index in [4.69, 9.17) is 21.1 Å². The molecule has 0 bridgehead atoms. The second-order valence-corrected chi connectivity index (χ2v) is 11.8. The fourth-order valence-electron chi connectivity index (χ4n) is 3.69. The van der Waals surface area contributed by atoms with Gasteiger partial charge in [0.05, 0.1) is 11.4 Å². The van der Waals surface area contributed by atoms with Gasteiger partial charge in [-0.05, 0) is 64.7 Å². The van der Waals surface area contributed by atoms with E-state index < -0.39 is 0 Å². The summed E-state index contributed by atoms with van der Waals surface area (Å²) in [4.78, 5) is 27.1. The second-order valence-electron chi connectivity index (χ2n) is 9.51. The fraction of sp³-hybridized carbons (Fsp3) is 0.241. The molecule has 37 heavy (non-hydrogen) atoms. The standard InChI is InChI=1S/C29H27BrClNO4S/c1-29(2,3)21-9-12-23(13-10-21)35-14-15-36-25-17-22(30)11-8-19(25)16-26-27(33)32(28(34)37-26)18-20-6-4-5-7-24(20)31/h4-13,16-17H,14-15,18H2,1-3H3/b26-16-. The number of rotatable bonds is 8. The summed E-state index contributed by atoms with van der Waals surface area (Å²) >= 11 is 10.6. The van der Waals surface area contributed by atoms with Crippen LogP contribution in [0.25, 0.3) is 6.08 Å². The van der Waals surface area contributed by atoms with E-state index in [9.17, 15) is 9.59 Å². The Hall–Kier alpha value is -2.74. The van der Waals surface area contributed by atoms with E-state index in [1.807, 2.05) is 42.5 Å². The first-order chi connectivity index (χ1) is 17.6. The third-order valence-electron chi connectivity index (χ3n) is 5.75. The van der Waals surface area contributed by atoms with Crippen LogP contribution in [0.15, 0.2) is 76.1 Å². The lowest BCUT2D eigenvalue weighted by Crippen LogP contribution is -2.27. The van der Waals surface area contributed by atoms with Gasteiger partial charge in [-0.15, -0.1) is 0 Å². The average molecular weight is 601 g/mol. The zero-order valence-corrected chi connectivity index (χ0v) is 24.0. The molecule has 1 aliphatic heterocycles. The third kappa shape index (κ3) is 6.98. The molecule has 0 atom stereocenters. The van der Waals surface area contributed by atoms with Crippen molar-refractivity contribution in [3.63, 3.8) is 0 Å². The second kappa shape index (κ2) is 11.8. The number of hydrogen-bond donors (Lipinski definition) is 0. The Labute approximate surface area is 234 Å². The smallest absolute Gasteiger partial charge is 0.293 e. The zero-order chi connectivity index (χ0) is 26.6. The normalized spacial score (nSPS) is 14.9. The van der Waals surface area contributed by atoms with Gasteiger partial charge in [-0.2, -0.15) is 0 Å². The highest BCUT2D eigenvalue weighted by Crippen LogP contribution is 2.36. The summed E-state index contributed by atoms with van der Waals surface area (Å²) in [6.07, 6.45) is 1.69. The Morgan fingerprint density at radius 3 is 2.38 bits per heavy atom. The molecular formula is C29H27BrClNO4S. The molecule has 1 heterocycles. The van der Waals surface area contributed by atoms with Gasteiger partial charge in [0.1, 0.15) is 24.7 Å². The number of benzene rings is 3. The Bertz CT molecular complexity index is 1330. The van der Waals surface area contributed by atoms with Gasteiger partial charge in [-0.3, -0.25) is 14.5 Å². The monoisotopic (exact) mass is 599 g/mol. The Morgan fingerprint density at radius 1 is 0.973 bits per heavy atom. The van der Waals surface area contributed by atoms with Gasteiger partial charge >= 0.3 is 0 Å². The highest BCUT2D eigenvalue weighted by atomic mass is 79.9. The highest BCUT2D eigenvalue weighted by Gasteiger charge is 2.35. The number of thioether (sulfide) groups is 1. The molecule has 3 aromatic rings. The Balaban J connectivity index is 1.41. The number of amides is 2. The van der Waals surface area contributed by atoms with E-state index in [-0.39, 0.29) is 23.1 Å². The molecule has 1 fully saturated rings. The lowest BCUT2D eigenvalue weighted by atomic mass is 9.87. The van der Waals surface area contributed by atoms with Crippen LogP contribution in [0, 0.1) is 0 Å². The molecule has 8 heteroatoms. The summed E-state index contributed by atoms with van der Waals surface area (Å²) in [7, 11) is 0. The van der Waals surface area contributed by atoms with Crippen molar-refractivity contribution in [1.82, 2.24) is 4.90 Å². The SMILES string of the molecule is CC(C)(C)c1ccc(OCCOc2cc(Br)ccc2/C=C2\SC(=O)N(Cc3ccccc3Cl)C2=O)cc1. The van der Waals surface area contributed by atoms with Crippen LogP contribution in [0.5, 0.6) is 11.5 Å². The first kappa shape index (κ1) is 27.3. The van der Waals surface area contributed by atoms with Crippen molar-refractivity contribution < 1.29 is 19.1 Å². The number of hydrogen-bond acceptors (Lipinski definition) is 5. The van der Waals surface area contributed by atoms with Gasteiger partial charge < -0.3 is 9.47 Å². The number of ether oxygens (including phenoxy) is 2. The highest BCUT2D eigenvalue weighted by molar-refractivity contribution is 9.10. The van der Waals surface area contributed by atoms with Crippen LogP contribution in [0.2, 0.25) is 5.02 Å². The molecule has 3 aromatic carbocycles. The molecule has 0 spiro atoms. The van der Waals surface area contributed by atoms with Crippen LogP contribution >= 0.6 is 39.3 Å². The number of halogens is 2. The van der Waals surface area contributed by atoms with Gasteiger partial charge in [-0.1, -0.05) is 84.7 Å². The van der Waals surface area contributed by atoms with Gasteiger partial charge in [-0.25, -0.2) is 0 Å². The summed E-state index contributed by atoms with van der Waals surface area (Å²) in [6.45, 7) is 7.31. The van der Waals surface area contributed by atoms with Gasteiger partial charge in [0, 0.05) is 15.1 Å². The van der Waals surface area contributed by atoms with Gasteiger partial charge in [0.15, 0.2) is 0 Å². The molecule has 4 rings (SSSR count). The van der Waals surface area contributed by atoms with E-state index in [2.05, 4.69) is 48.8 Å². The minimum atomic E-state index is -0.356. The first-order valence-corrected chi connectivity index (χ1v) is 13.7. The maximum Gasteiger partial charge on any atom is 0.293 e. The van der Waals surface area contributed by atoms with Crippen LogP contribution in [0.4, 0.5) is 4.79 Å². The van der Waals surface area contributed by atoms with Crippen molar-refractivity contribution in [2.75, 3.05) is 13.2 Å². The largest absolute Gasteiger partial charge is 0.490 e. The predicted octanol–water partition coefficient (Wildman–Crippen LogP) is 8.09. The Kier molecular flexibility index (Phi) is 8.67. The zero-order valence-electron chi connectivity index (χ0n) is 20.8.